The van der Waals surface area contributed by atoms with Gasteiger partial charge < -0.3 is 14.8 Å². The van der Waals surface area contributed by atoms with Crippen molar-refractivity contribution in [3.05, 3.63) is 38.5 Å². The van der Waals surface area contributed by atoms with Crippen molar-refractivity contribution in [2.75, 3.05) is 5.32 Å². The summed E-state index contributed by atoms with van der Waals surface area (Å²) < 4.78 is 12.8. The van der Waals surface area contributed by atoms with E-state index in [4.69, 9.17) is 32.7 Å². The van der Waals surface area contributed by atoms with Crippen LogP contribution in [0.4, 0.5) is 5.69 Å². The van der Waals surface area contributed by atoms with Crippen LogP contribution in [0.2, 0.25) is 8.67 Å². The van der Waals surface area contributed by atoms with E-state index in [2.05, 4.69) is 5.32 Å². The number of rotatable bonds is 3. The summed E-state index contributed by atoms with van der Waals surface area (Å²) in [5.74, 6) is 0.887. The van der Waals surface area contributed by atoms with E-state index in [0.29, 0.717) is 8.67 Å². The number of hydrogen-bond donors (Lipinski definition) is 1. The number of halogens is 2. The van der Waals surface area contributed by atoms with E-state index < -0.39 is 5.79 Å². The normalized spacial score (nSPS) is 16.8. The molecule has 0 saturated carbocycles. The maximum atomic E-state index is 6.19. The van der Waals surface area contributed by atoms with Gasteiger partial charge in [0.25, 0.3) is 0 Å². The van der Waals surface area contributed by atoms with E-state index in [-0.39, 0.29) is 6.04 Å². The van der Waals surface area contributed by atoms with Crippen molar-refractivity contribution in [3.8, 4) is 11.5 Å². The molecule has 1 N–H and O–H groups in total. The Bertz CT molecular complexity index is 684. The molecule has 1 aliphatic rings. The molecular formula is C15H15Cl2NO2S. The lowest BCUT2D eigenvalue weighted by molar-refractivity contribution is -0.0431. The molecule has 3 nitrogen and oxygen atoms in total. The largest absolute Gasteiger partial charge is 0.449 e. The van der Waals surface area contributed by atoms with E-state index in [1.807, 2.05) is 45.0 Å². The van der Waals surface area contributed by atoms with E-state index in [1.54, 1.807) is 0 Å². The number of benzene rings is 1. The third-order valence-electron chi connectivity index (χ3n) is 3.19. The van der Waals surface area contributed by atoms with Gasteiger partial charge in [0.05, 0.1) is 14.7 Å². The molecule has 2 aromatic rings. The summed E-state index contributed by atoms with van der Waals surface area (Å²) in [6.45, 7) is 5.81. The lowest BCUT2D eigenvalue weighted by Gasteiger charge is -2.16. The predicted molar refractivity (Wildman–Crippen MR) is 88.2 cm³/mol. The van der Waals surface area contributed by atoms with Crippen molar-refractivity contribution in [1.82, 2.24) is 0 Å². The third kappa shape index (κ3) is 3.07. The van der Waals surface area contributed by atoms with Crippen molar-refractivity contribution in [2.45, 2.75) is 32.6 Å². The van der Waals surface area contributed by atoms with Crippen LogP contribution in [0.25, 0.3) is 0 Å². The molecule has 1 unspecified atom stereocenters. The van der Waals surface area contributed by atoms with Gasteiger partial charge in [0, 0.05) is 31.2 Å². The molecule has 0 aliphatic carbocycles. The number of nitrogens with one attached hydrogen (secondary N) is 1. The number of ether oxygens (including phenoxy) is 2. The fourth-order valence-corrected chi connectivity index (χ4v) is 3.93. The Kier molecular flexibility index (Phi) is 3.72. The first-order valence-electron chi connectivity index (χ1n) is 6.57. The first kappa shape index (κ1) is 14.8. The van der Waals surface area contributed by atoms with Gasteiger partial charge >= 0.3 is 0 Å². The van der Waals surface area contributed by atoms with E-state index in [0.717, 1.165) is 22.7 Å². The highest BCUT2D eigenvalue weighted by Crippen LogP contribution is 2.42. The average molecular weight is 344 g/mol. The number of fused-ring (bicyclic) bond motifs is 1. The Balaban J connectivity index is 1.79. The van der Waals surface area contributed by atoms with Gasteiger partial charge in [0.2, 0.25) is 5.79 Å². The van der Waals surface area contributed by atoms with Crippen molar-refractivity contribution in [2.24, 2.45) is 0 Å². The van der Waals surface area contributed by atoms with Crippen molar-refractivity contribution in [1.29, 1.82) is 0 Å². The summed E-state index contributed by atoms with van der Waals surface area (Å²) in [4.78, 5) is 0. The topological polar surface area (TPSA) is 30.5 Å². The van der Waals surface area contributed by atoms with E-state index >= 15 is 0 Å². The maximum Gasteiger partial charge on any atom is 0.246 e. The second-order valence-corrected chi connectivity index (χ2v) is 7.70. The van der Waals surface area contributed by atoms with Crippen LogP contribution in [0.3, 0.4) is 0 Å². The van der Waals surface area contributed by atoms with Crippen LogP contribution in [0, 0.1) is 0 Å². The summed E-state index contributed by atoms with van der Waals surface area (Å²) in [5, 5.41) is 3.40. The third-order valence-corrected chi connectivity index (χ3v) is 4.71. The SMILES string of the molecule is CC(Nc1ccc2c(c1)OC(C)(C)O2)c1cc(Cl)sc1Cl. The van der Waals surface area contributed by atoms with Gasteiger partial charge in [-0.2, -0.15) is 0 Å². The van der Waals surface area contributed by atoms with E-state index in [1.165, 1.54) is 11.3 Å². The van der Waals surface area contributed by atoms with Crippen LogP contribution in [-0.4, -0.2) is 5.79 Å². The molecule has 1 aromatic heterocycles. The molecule has 21 heavy (non-hydrogen) atoms. The molecule has 3 rings (SSSR count). The maximum absolute atomic E-state index is 6.19. The van der Waals surface area contributed by atoms with Crippen LogP contribution in [-0.2, 0) is 0 Å². The van der Waals surface area contributed by atoms with E-state index in [9.17, 15) is 0 Å². The Labute approximate surface area is 137 Å². The van der Waals surface area contributed by atoms with Crippen LogP contribution in [0.5, 0.6) is 11.5 Å². The van der Waals surface area contributed by atoms with Gasteiger partial charge in [-0.05, 0) is 25.1 Å². The minimum atomic E-state index is -0.614. The molecule has 1 atom stereocenters. The highest BCUT2D eigenvalue weighted by molar-refractivity contribution is 7.20. The monoisotopic (exact) mass is 343 g/mol. The molecule has 112 valence electrons. The fraction of sp³-hybridized carbons (Fsp3) is 0.333. The lowest BCUT2D eigenvalue weighted by atomic mass is 10.1. The molecule has 2 heterocycles. The smallest absolute Gasteiger partial charge is 0.246 e. The molecule has 1 aromatic carbocycles. The van der Waals surface area contributed by atoms with Crippen molar-refractivity contribution < 1.29 is 9.47 Å². The number of hydrogen-bond acceptors (Lipinski definition) is 4. The standard InChI is InChI=1S/C15H15Cl2NO2S/c1-8(10-7-13(16)21-14(10)17)18-9-4-5-11-12(6-9)20-15(2,3)19-11/h4-8,18H,1-3H3. The average Bonchev–Trinajstić information content (AvgIpc) is 2.86. The molecule has 0 fully saturated rings. The fourth-order valence-electron chi connectivity index (χ4n) is 2.29. The zero-order valence-electron chi connectivity index (χ0n) is 11.9. The minimum Gasteiger partial charge on any atom is -0.449 e. The number of anilines is 1. The van der Waals surface area contributed by atoms with Crippen molar-refractivity contribution >= 4 is 40.2 Å². The van der Waals surface area contributed by atoms with Gasteiger partial charge in [-0.25, -0.2) is 0 Å². The second kappa shape index (κ2) is 5.27. The zero-order valence-corrected chi connectivity index (χ0v) is 14.2. The minimum absolute atomic E-state index is 0.0506. The quantitative estimate of drug-likeness (QED) is 0.771. The first-order chi connectivity index (χ1) is 9.84. The summed E-state index contributed by atoms with van der Waals surface area (Å²) in [7, 11) is 0. The molecule has 0 radical (unpaired) electrons. The van der Waals surface area contributed by atoms with Crippen LogP contribution in [0.1, 0.15) is 32.4 Å². The van der Waals surface area contributed by atoms with Crippen molar-refractivity contribution in [3.63, 3.8) is 0 Å². The van der Waals surface area contributed by atoms with Gasteiger partial charge in [-0.1, -0.05) is 23.2 Å². The van der Waals surface area contributed by atoms with Crippen LogP contribution in [0.15, 0.2) is 24.3 Å². The Morgan fingerprint density at radius 3 is 2.52 bits per heavy atom. The Morgan fingerprint density at radius 2 is 1.86 bits per heavy atom. The summed E-state index contributed by atoms with van der Waals surface area (Å²) in [6, 6.07) is 7.74. The molecular weight excluding hydrogens is 329 g/mol. The summed E-state index contributed by atoms with van der Waals surface area (Å²) in [5.41, 5.74) is 1.94. The predicted octanol–water partition coefficient (Wildman–Crippen LogP) is 5.74. The van der Waals surface area contributed by atoms with Crippen LogP contribution >= 0.6 is 34.5 Å². The van der Waals surface area contributed by atoms with Gasteiger partial charge in [-0.15, -0.1) is 11.3 Å². The molecule has 0 bridgehead atoms. The first-order valence-corrected chi connectivity index (χ1v) is 8.15. The Morgan fingerprint density at radius 1 is 1.14 bits per heavy atom. The summed E-state index contributed by atoms with van der Waals surface area (Å²) >= 11 is 13.6. The molecule has 0 spiro atoms. The molecule has 6 heteroatoms. The Hall–Kier alpha value is -1.10. The molecule has 0 amide bonds. The lowest BCUT2D eigenvalue weighted by Crippen LogP contribution is -2.29. The highest BCUT2D eigenvalue weighted by Gasteiger charge is 2.31. The van der Waals surface area contributed by atoms with Gasteiger partial charge in [-0.3, -0.25) is 0 Å². The number of thiophene rings is 1. The molecule has 1 aliphatic heterocycles. The zero-order chi connectivity index (χ0) is 15.2. The summed E-state index contributed by atoms with van der Waals surface area (Å²) in [6.07, 6.45) is 0. The highest BCUT2D eigenvalue weighted by atomic mass is 35.5. The van der Waals surface area contributed by atoms with Gasteiger partial charge in [0.15, 0.2) is 11.5 Å². The van der Waals surface area contributed by atoms with Crippen LogP contribution < -0.4 is 14.8 Å². The second-order valence-electron chi connectivity index (χ2n) is 5.41. The van der Waals surface area contributed by atoms with Gasteiger partial charge in [0.1, 0.15) is 0 Å². The molecule has 0 saturated heterocycles.